The van der Waals surface area contributed by atoms with Crippen LogP contribution in [0.2, 0.25) is 0 Å². The minimum Gasteiger partial charge on any atom is -0.346 e. The van der Waals surface area contributed by atoms with Crippen molar-refractivity contribution in [3.05, 3.63) is 0 Å². The van der Waals surface area contributed by atoms with Gasteiger partial charge >= 0.3 is 0 Å². The van der Waals surface area contributed by atoms with E-state index in [9.17, 15) is 4.79 Å². The molecule has 1 rings (SSSR count). The number of nitrogens with one attached hydrogen (secondary N) is 1. The van der Waals surface area contributed by atoms with Crippen LogP contribution in [0.3, 0.4) is 0 Å². The van der Waals surface area contributed by atoms with E-state index >= 15 is 0 Å². The van der Waals surface area contributed by atoms with Crippen LogP contribution in [0.25, 0.3) is 0 Å². The summed E-state index contributed by atoms with van der Waals surface area (Å²) in [4.78, 5) is 13.6. The summed E-state index contributed by atoms with van der Waals surface area (Å²) >= 11 is 0. The third-order valence-electron chi connectivity index (χ3n) is 2.91. The predicted octanol–water partition coefficient (Wildman–Crippen LogP) is 1.24. The molecule has 0 aliphatic carbocycles. The standard InChI is InChI=1S/C11H22N2O/c1-3-8-13(2)11(14)9-10-4-6-12-7-5-10/h10,12H,3-9H2,1-2H3. The van der Waals surface area contributed by atoms with Gasteiger partial charge in [-0.3, -0.25) is 4.79 Å². The van der Waals surface area contributed by atoms with E-state index in [1.54, 1.807) is 0 Å². The van der Waals surface area contributed by atoms with E-state index in [-0.39, 0.29) is 0 Å². The topological polar surface area (TPSA) is 32.3 Å². The highest BCUT2D eigenvalue weighted by Gasteiger charge is 2.18. The molecule has 3 nitrogen and oxygen atoms in total. The Balaban J connectivity index is 2.24. The van der Waals surface area contributed by atoms with Gasteiger partial charge in [0.05, 0.1) is 0 Å². The van der Waals surface area contributed by atoms with E-state index in [0.29, 0.717) is 11.8 Å². The Morgan fingerprint density at radius 3 is 2.64 bits per heavy atom. The molecule has 0 spiro atoms. The van der Waals surface area contributed by atoms with Crippen molar-refractivity contribution in [3.8, 4) is 0 Å². The van der Waals surface area contributed by atoms with Gasteiger partial charge in [0, 0.05) is 20.0 Å². The van der Waals surface area contributed by atoms with Crippen LogP contribution in [0, 0.1) is 5.92 Å². The van der Waals surface area contributed by atoms with Gasteiger partial charge in [0.1, 0.15) is 0 Å². The van der Waals surface area contributed by atoms with E-state index in [1.807, 2.05) is 11.9 Å². The Morgan fingerprint density at radius 1 is 1.43 bits per heavy atom. The Morgan fingerprint density at radius 2 is 2.07 bits per heavy atom. The molecule has 1 aliphatic rings. The lowest BCUT2D eigenvalue weighted by atomic mass is 9.94. The minimum atomic E-state index is 0.318. The average molecular weight is 198 g/mol. The van der Waals surface area contributed by atoms with Crippen molar-refractivity contribution >= 4 is 5.91 Å². The van der Waals surface area contributed by atoms with Crippen LogP contribution in [0.15, 0.2) is 0 Å². The van der Waals surface area contributed by atoms with Gasteiger partial charge in [-0.05, 0) is 38.3 Å². The first kappa shape index (κ1) is 11.5. The molecular formula is C11H22N2O. The van der Waals surface area contributed by atoms with Crippen molar-refractivity contribution in [3.63, 3.8) is 0 Å². The lowest BCUT2D eigenvalue weighted by Gasteiger charge is -2.24. The molecule has 1 fully saturated rings. The lowest BCUT2D eigenvalue weighted by molar-refractivity contribution is -0.131. The molecule has 82 valence electrons. The summed E-state index contributed by atoms with van der Waals surface area (Å²) in [5.41, 5.74) is 0. The fourth-order valence-corrected chi connectivity index (χ4v) is 1.95. The number of nitrogens with zero attached hydrogens (tertiary/aromatic N) is 1. The van der Waals surface area contributed by atoms with Gasteiger partial charge in [-0.15, -0.1) is 0 Å². The normalized spacial score (nSPS) is 18.1. The molecular weight excluding hydrogens is 176 g/mol. The molecule has 1 heterocycles. The van der Waals surface area contributed by atoms with E-state index in [4.69, 9.17) is 0 Å². The number of carbonyl (C=O) groups is 1. The smallest absolute Gasteiger partial charge is 0.222 e. The monoisotopic (exact) mass is 198 g/mol. The second-order valence-corrected chi connectivity index (χ2v) is 4.21. The summed E-state index contributed by atoms with van der Waals surface area (Å²) in [5, 5.41) is 3.32. The number of rotatable bonds is 4. The Labute approximate surface area is 86.9 Å². The number of hydrogen-bond acceptors (Lipinski definition) is 2. The number of piperidine rings is 1. The molecule has 0 bridgehead atoms. The van der Waals surface area contributed by atoms with E-state index in [1.165, 1.54) is 0 Å². The molecule has 0 unspecified atom stereocenters. The Kier molecular flexibility index (Phi) is 4.94. The van der Waals surface area contributed by atoms with Crippen molar-refractivity contribution in [2.24, 2.45) is 5.92 Å². The quantitative estimate of drug-likeness (QED) is 0.737. The van der Waals surface area contributed by atoms with E-state index in [2.05, 4.69) is 12.2 Å². The molecule has 1 aliphatic heterocycles. The van der Waals surface area contributed by atoms with Crippen molar-refractivity contribution in [2.45, 2.75) is 32.6 Å². The second kappa shape index (κ2) is 6.02. The van der Waals surface area contributed by atoms with Gasteiger partial charge in [-0.1, -0.05) is 6.92 Å². The third kappa shape index (κ3) is 3.66. The van der Waals surface area contributed by atoms with Gasteiger partial charge in [0.25, 0.3) is 0 Å². The average Bonchev–Trinajstić information content (AvgIpc) is 2.19. The van der Waals surface area contributed by atoms with Crippen LogP contribution in [0.1, 0.15) is 32.6 Å². The summed E-state index contributed by atoms with van der Waals surface area (Å²) in [5.74, 6) is 0.932. The van der Waals surface area contributed by atoms with Crippen LogP contribution in [0.4, 0.5) is 0 Å². The molecule has 14 heavy (non-hydrogen) atoms. The van der Waals surface area contributed by atoms with Gasteiger partial charge in [-0.25, -0.2) is 0 Å². The van der Waals surface area contributed by atoms with Crippen molar-refractivity contribution in [1.29, 1.82) is 0 Å². The fraction of sp³-hybridized carbons (Fsp3) is 0.909. The zero-order valence-corrected chi connectivity index (χ0v) is 9.38. The Bertz CT molecular complexity index is 176. The highest BCUT2D eigenvalue weighted by molar-refractivity contribution is 5.76. The van der Waals surface area contributed by atoms with Crippen LogP contribution in [0.5, 0.6) is 0 Å². The molecule has 1 N–H and O–H groups in total. The maximum atomic E-state index is 11.7. The zero-order valence-electron chi connectivity index (χ0n) is 9.38. The molecule has 0 aromatic carbocycles. The molecule has 1 saturated heterocycles. The first-order chi connectivity index (χ1) is 6.74. The molecule has 0 radical (unpaired) electrons. The number of carbonyl (C=O) groups excluding carboxylic acids is 1. The highest BCUT2D eigenvalue weighted by Crippen LogP contribution is 2.16. The zero-order chi connectivity index (χ0) is 10.4. The van der Waals surface area contributed by atoms with E-state index < -0.39 is 0 Å². The third-order valence-corrected chi connectivity index (χ3v) is 2.91. The van der Waals surface area contributed by atoms with Gasteiger partial charge in [0.15, 0.2) is 0 Å². The second-order valence-electron chi connectivity index (χ2n) is 4.21. The first-order valence-electron chi connectivity index (χ1n) is 5.68. The highest BCUT2D eigenvalue weighted by atomic mass is 16.2. The van der Waals surface area contributed by atoms with Gasteiger partial charge < -0.3 is 10.2 Å². The van der Waals surface area contributed by atoms with Gasteiger partial charge in [-0.2, -0.15) is 0 Å². The van der Waals surface area contributed by atoms with Crippen LogP contribution in [-0.4, -0.2) is 37.5 Å². The molecule has 3 heteroatoms. The van der Waals surface area contributed by atoms with Crippen LogP contribution >= 0.6 is 0 Å². The van der Waals surface area contributed by atoms with Crippen molar-refractivity contribution < 1.29 is 4.79 Å². The number of hydrogen-bond donors (Lipinski definition) is 1. The summed E-state index contributed by atoms with van der Waals surface area (Å²) in [6.07, 6.45) is 4.12. The fourth-order valence-electron chi connectivity index (χ4n) is 1.95. The molecule has 1 amide bonds. The molecule has 0 aromatic rings. The maximum absolute atomic E-state index is 11.7. The SMILES string of the molecule is CCCN(C)C(=O)CC1CCNCC1. The summed E-state index contributed by atoms with van der Waals surface area (Å²) < 4.78 is 0. The van der Waals surface area contributed by atoms with Crippen LogP contribution < -0.4 is 5.32 Å². The van der Waals surface area contributed by atoms with Gasteiger partial charge in [0.2, 0.25) is 5.91 Å². The maximum Gasteiger partial charge on any atom is 0.222 e. The van der Waals surface area contributed by atoms with Crippen molar-refractivity contribution in [1.82, 2.24) is 10.2 Å². The van der Waals surface area contributed by atoms with Crippen molar-refractivity contribution in [2.75, 3.05) is 26.7 Å². The minimum absolute atomic E-state index is 0.318. The summed E-state index contributed by atoms with van der Waals surface area (Å²) in [7, 11) is 1.91. The summed E-state index contributed by atoms with van der Waals surface area (Å²) in [6, 6.07) is 0. The largest absolute Gasteiger partial charge is 0.346 e. The molecule has 0 aromatic heterocycles. The van der Waals surface area contributed by atoms with Crippen LogP contribution in [-0.2, 0) is 4.79 Å². The Hall–Kier alpha value is -0.570. The molecule has 0 atom stereocenters. The van der Waals surface area contributed by atoms with E-state index in [0.717, 1.165) is 45.3 Å². The first-order valence-corrected chi connectivity index (χ1v) is 5.68. The predicted molar refractivity (Wildman–Crippen MR) is 58.1 cm³/mol. The summed E-state index contributed by atoms with van der Waals surface area (Å²) in [6.45, 7) is 5.16. The molecule has 0 saturated carbocycles. The number of amides is 1. The lowest BCUT2D eigenvalue weighted by Crippen LogP contribution is -2.33.